The average Bonchev–Trinajstić information content (AvgIpc) is 2.63. The number of unbranched alkanes of at least 4 members (excludes halogenated alkanes) is 1. The summed E-state index contributed by atoms with van der Waals surface area (Å²) >= 11 is 0. The first kappa shape index (κ1) is 13.5. The number of hydrogen-bond donors (Lipinski definition) is 2. The molecule has 0 bridgehead atoms. The second kappa shape index (κ2) is 5.38. The van der Waals surface area contributed by atoms with Gasteiger partial charge in [0.1, 0.15) is 0 Å². The second-order valence-electron chi connectivity index (χ2n) is 4.74. The fourth-order valence-electron chi connectivity index (χ4n) is 2.30. The maximum absolute atomic E-state index is 11.9. The molecule has 5 heteroatoms. The number of aliphatic hydroxyl groups is 1. The molecule has 1 aromatic carbocycles. The van der Waals surface area contributed by atoms with Crippen molar-refractivity contribution < 1.29 is 13.5 Å². The zero-order valence-electron chi connectivity index (χ0n) is 10.5. The van der Waals surface area contributed by atoms with E-state index in [2.05, 4.69) is 4.72 Å². The molecular formula is C13H19NO3S. The fourth-order valence-corrected chi connectivity index (χ4v) is 3.76. The SMILES string of the molecule is CCCCS(=O)(=O)NC1c2ccccc2CC1O. The second-order valence-corrected chi connectivity index (χ2v) is 6.61. The van der Waals surface area contributed by atoms with Gasteiger partial charge in [0, 0.05) is 6.42 Å². The summed E-state index contributed by atoms with van der Waals surface area (Å²) < 4.78 is 26.4. The monoisotopic (exact) mass is 269 g/mol. The van der Waals surface area contributed by atoms with Crippen molar-refractivity contribution in [3.63, 3.8) is 0 Å². The first-order valence-electron chi connectivity index (χ1n) is 6.29. The van der Waals surface area contributed by atoms with Crippen LogP contribution in [0.3, 0.4) is 0 Å². The van der Waals surface area contributed by atoms with Crippen LogP contribution in [0, 0.1) is 0 Å². The van der Waals surface area contributed by atoms with Gasteiger partial charge < -0.3 is 5.11 Å². The summed E-state index contributed by atoms with van der Waals surface area (Å²) in [5.41, 5.74) is 1.92. The third kappa shape index (κ3) is 2.91. The zero-order valence-corrected chi connectivity index (χ0v) is 11.3. The molecular weight excluding hydrogens is 250 g/mol. The molecule has 0 saturated heterocycles. The van der Waals surface area contributed by atoms with Gasteiger partial charge in [-0.2, -0.15) is 0 Å². The van der Waals surface area contributed by atoms with Crippen LogP contribution in [0.15, 0.2) is 24.3 Å². The quantitative estimate of drug-likeness (QED) is 0.848. The van der Waals surface area contributed by atoms with E-state index in [1.165, 1.54) is 0 Å². The van der Waals surface area contributed by atoms with Crippen molar-refractivity contribution in [2.75, 3.05) is 5.75 Å². The van der Waals surface area contributed by atoms with Crippen LogP contribution in [0.1, 0.15) is 36.9 Å². The van der Waals surface area contributed by atoms with Crippen LogP contribution < -0.4 is 4.72 Å². The Morgan fingerprint density at radius 1 is 1.39 bits per heavy atom. The highest BCUT2D eigenvalue weighted by Crippen LogP contribution is 2.31. The summed E-state index contributed by atoms with van der Waals surface area (Å²) in [5, 5.41) is 9.97. The van der Waals surface area contributed by atoms with E-state index >= 15 is 0 Å². The number of hydrogen-bond acceptors (Lipinski definition) is 3. The third-order valence-electron chi connectivity index (χ3n) is 3.28. The number of aliphatic hydroxyl groups excluding tert-OH is 1. The zero-order chi connectivity index (χ0) is 13.2. The maximum Gasteiger partial charge on any atom is 0.212 e. The number of fused-ring (bicyclic) bond motifs is 1. The predicted octanol–water partition coefficient (Wildman–Crippen LogP) is 1.36. The fraction of sp³-hybridized carbons (Fsp3) is 0.538. The van der Waals surface area contributed by atoms with E-state index in [0.717, 1.165) is 17.5 Å². The molecule has 2 N–H and O–H groups in total. The summed E-state index contributed by atoms with van der Waals surface area (Å²) in [7, 11) is -3.31. The van der Waals surface area contributed by atoms with Gasteiger partial charge in [0.05, 0.1) is 17.9 Å². The van der Waals surface area contributed by atoms with Crippen LogP contribution >= 0.6 is 0 Å². The van der Waals surface area contributed by atoms with Crippen molar-refractivity contribution in [2.24, 2.45) is 0 Å². The normalized spacial score (nSPS) is 23.0. The Morgan fingerprint density at radius 2 is 2.11 bits per heavy atom. The highest BCUT2D eigenvalue weighted by molar-refractivity contribution is 7.89. The molecule has 0 fully saturated rings. The predicted molar refractivity (Wildman–Crippen MR) is 70.7 cm³/mol. The number of nitrogens with one attached hydrogen (secondary N) is 1. The van der Waals surface area contributed by atoms with Crippen LogP contribution in [-0.4, -0.2) is 25.4 Å². The lowest BCUT2D eigenvalue weighted by Gasteiger charge is -2.17. The molecule has 1 aliphatic carbocycles. The molecule has 100 valence electrons. The van der Waals surface area contributed by atoms with Crippen LogP contribution in [-0.2, 0) is 16.4 Å². The Bertz CT molecular complexity index is 513. The van der Waals surface area contributed by atoms with Crippen LogP contribution in [0.4, 0.5) is 0 Å². The Hall–Kier alpha value is -0.910. The van der Waals surface area contributed by atoms with Gasteiger partial charge in [-0.05, 0) is 17.5 Å². The Morgan fingerprint density at radius 3 is 2.83 bits per heavy atom. The minimum Gasteiger partial charge on any atom is -0.391 e. The van der Waals surface area contributed by atoms with Crippen molar-refractivity contribution in [3.05, 3.63) is 35.4 Å². The molecule has 1 aliphatic rings. The molecule has 1 aromatic rings. The molecule has 2 atom stereocenters. The van der Waals surface area contributed by atoms with E-state index < -0.39 is 22.2 Å². The van der Waals surface area contributed by atoms with E-state index in [0.29, 0.717) is 12.8 Å². The first-order valence-corrected chi connectivity index (χ1v) is 7.94. The molecule has 0 aromatic heterocycles. The van der Waals surface area contributed by atoms with Crippen LogP contribution in [0.2, 0.25) is 0 Å². The summed E-state index contributed by atoms with van der Waals surface area (Å²) in [6.07, 6.45) is 1.32. The Labute approximate surface area is 108 Å². The molecule has 0 spiro atoms. The summed E-state index contributed by atoms with van der Waals surface area (Å²) in [4.78, 5) is 0. The molecule has 0 heterocycles. The first-order chi connectivity index (χ1) is 8.53. The topological polar surface area (TPSA) is 66.4 Å². The molecule has 4 nitrogen and oxygen atoms in total. The smallest absolute Gasteiger partial charge is 0.212 e. The summed E-state index contributed by atoms with van der Waals surface area (Å²) in [6, 6.07) is 7.07. The minimum atomic E-state index is -3.31. The average molecular weight is 269 g/mol. The number of benzene rings is 1. The van der Waals surface area contributed by atoms with Gasteiger partial charge in [0.2, 0.25) is 10.0 Å². The van der Waals surface area contributed by atoms with Gasteiger partial charge >= 0.3 is 0 Å². The lowest BCUT2D eigenvalue weighted by Crippen LogP contribution is -2.35. The van der Waals surface area contributed by atoms with Crippen molar-refractivity contribution in [2.45, 2.75) is 38.3 Å². The van der Waals surface area contributed by atoms with Gasteiger partial charge in [-0.15, -0.1) is 0 Å². The van der Waals surface area contributed by atoms with E-state index in [1.807, 2.05) is 31.2 Å². The van der Waals surface area contributed by atoms with E-state index in [4.69, 9.17) is 0 Å². The van der Waals surface area contributed by atoms with Gasteiger partial charge in [-0.25, -0.2) is 13.1 Å². The lowest BCUT2D eigenvalue weighted by molar-refractivity contribution is 0.151. The maximum atomic E-state index is 11.9. The van der Waals surface area contributed by atoms with Crippen LogP contribution in [0.5, 0.6) is 0 Å². The van der Waals surface area contributed by atoms with Crippen molar-refractivity contribution in [1.82, 2.24) is 4.72 Å². The van der Waals surface area contributed by atoms with Crippen molar-refractivity contribution in [1.29, 1.82) is 0 Å². The molecule has 0 aliphatic heterocycles. The Kier molecular flexibility index (Phi) is 4.04. The van der Waals surface area contributed by atoms with Crippen molar-refractivity contribution >= 4 is 10.0 Å². The molecule has 0 radical (unpaired) electrons. The van der Waals surface area contributed by atoms with Crippen LogP contribution in [0.25, 0.3) is 0 Å². The molecule has 0 saturated carbocycles. The molecule has 2 rings (SSSR count). The highest BCUT2D eigenvalue weighted by Gasteiger charge is 2.33. The van der Waals surface area contributed by atoms with Gasteiger partial charge in [-0.3, -0.25) is 0 Å². The summed E-state index contributed by atoms with van der Waals surface area (Å²) in [6.45, 7) is 1.95. The minimum absolute atomic E-state index is 0.120. The van der Waals surface area contributed by atoms with Gasteiger partial charge in [0.15, 0.2) is 0 Å². The largest absolute Gasteiger partial charge is 0.391 e. The summed E-state index contributed by atoms with van der Waals surface area (Å²) in [5.74, 6) is 0.120. The number of rotatable bonds is 5. The molecule has 0 amide bonds. The highest BCUT2D eigenvalue weighted by atomic mass is 32.2. The third-order valence-corrected chi connectivity index (χ3v) is 4.72. The molecule has 2 unspecified atom stereocenters. The lowest BCUT2D eigenvalue weighted by atomic mass is 10.1. The number of sulfonamides is 1. The van der Waals surface area contributed by atoms with E-state index in [9.17, 15) is 13.5 Å². The van der Waals surface area contributed by atoms with Gasteiger partial charge in [-0.1, -0.05) is 37.6 Å². The standard InChI is InChI=1S/C13H19NO3S/c1-2-3-8-18(16,17)14-13-11-7-5-4-6-10(11)9-12(13)15/h4-7,12-15H,2-3,8-9H2,1H3. The Balaban J connectivity index is 2.15. The van der Waals surface area contributed by atoms with Crippen molar-refractivity contribution in [3.8, 4) is 0 Å². The van der Waals surface area contributed by atoms with E-state index in [-0.39, 0.29) is 5.75 Å². The van der Waals surface area contributed by atoms with E-state index in [1.54, 1.807) is 0 Å². The van der Waals surface area contributed by atoms with Gasteiger partial charge in [0.25, 0.3) is 0 Å². The molecule has 18 heavy (non-hydrogen) atoms.